The van der Waals surface area contributed by atoms with Gasteiger partial charge in [-0.1, -0.05) is 20.8 Å². The van der Waals surface area contributed by atoms with Crippen molar-refractivity contribution in [1.29, 1.82) is 0 Å². The molecule has 1 aromatic rings. The molecule has 4 nitrogen and oxygen atoms in total. The number of hydrogen-bond donors (Lipinski definition) is 1. The van der Waals surface area contributed by atoms with E-state index in [2.05, 4.69) is 31.3 Å². The van der Waals surface area contributed by atoms with Crippen LogP contribution in [0.15, 0.2) is 21.8 Å². The SMILES string of the molecule is Cc1occc1C(=O)NN=C1CCC(C(C)(C)C)CC1. The maximum atomic E-state index is 11.9. The summed E-state index contributed by atoms with van der Waals surface area (Å²) in [6, 6.07) is 1.67. The Labute approximate surface area is 120 Å². The summed E-state index contributed by atoms with van der Waals surface area (Å²) in [4.78, 5) is 11.9. The van der Waals surface area contributed by atoms with Crippen molar-refractivity contribution in [2.45, 2.75) is 53.4 Å². The number of nitrogens with one attached hydrogen (secondary N) is 1. The molecule has 1 N–H and O–H groups in total. The van der Waals surface area contributed by atoms with Crippen LogP contribution in [0.2, 0.25) is 0 Å². The van der Waals surface area contributed by atoms with Crippen molar-refractivity contribution < 1.29 is 9.21 Å². The Morgan fingerprint density at radius 3 is 2.50 bits per heavy atom. The summed E-state index contributed by atoms with van der Waals surface area (Å²) in [5, 5.41) is 4.27. The largest absolute Gasteiger partial charge is 0.469 e. The second kappa shape index (κ2) is 5.81. The minimum Gasteiger partial charge on any atom is -0.469 e. The highest BCUT2D eigenvalue weighted by atomic mass is 16.3. The van der Waals surface area contributed by atoms with Crippen LogP contribution in [-0.4, -0.2) is 11.6 Å². The van der Waals surface area contributed by atoms with Crippen LogP contribution in [0.25, 0.3) is 0 Å². The van der Waals surface area contributed by atoms with Gasteiger partial charge in [-0.25, -0.2) is 5.43 Å². The molecular formula is C16H24N2O2. The number of amides is 1. The number of hydrazone groups is 1. The van der Waals surface area contributed by atoms with Crippen LogP contribution in [0.3, 0.4) is 0 Å². The highest BCUT2D eigenvalue weighted by Gasteiger charge is 2.28. The highest BCUT2D eigenvalue weighted by molar-refractivity contribution is 5.96. The number of carbonyl (C=O) groups is 1. The van der Waals surface area contributed by atoms with E-state index >= 15 is 0 Å². The summed E-state index contributed by atoms with van der Waals surface area (Å²) in [7, 11) is 0. The molecule has 0 atom stereocenters. The molecule has 1 saturated carbocycles. The molecule has 4 heteroatoms. The number of furan rings is 1. The fourth-order valence-corrected chi connectivity index (χ4v) is 2.74. The summed E-state index contributed by atoms with van der Waals surface area (Å²) < 4.78 is 5.12. The molecule has 1 aliphatic rings. The first-order chi connectivity index (χ1) is 9.38. The van der Waals surface area contributed by atoms with Crippen molar-refractivity contribution >= 4 is 11.6 Å². The number of rotatable bonds is 2. The van der Waals surface area contributed by atoms with Gasteiger partial charge in [0.15, 0.2) is 0 Å². The molecule has 0 bridgehead atoms. The summed E-state index contributed by atoms with van der Waals surface area (Å²) in [6.07, 6.45) is 5.79. The van der Waals surface area contributed by atoms with Gasteiger partial charge in [0.05, 0.1) is 11.8 Å². The van der Waals surface area contributed by atoms with Crippen molar-refractivity contribution in [2.24, 2.45) is 16.4 Å². The van der Waals surface area contributed by atoms with Gasteiger partial charge >= 0.3 is 0 Å². The quantitative estimate of drug-likeness (QED) is 0.833. The molecule has 110 valence electrons. The fraction of sp³-hybridized carbons (Fsp3) is 0.625. The Bertz CT molecular complexity index is 499. The van der Waals surface area contributed by atoms with Crippen molar-refractivity contribution in [2.75, 3.05) is 0 Å². The number of hydrogen-bond acceptors (Lipinski definition) is 3. The van der Waals surface area contributed by atoms with E-state index < -0.39 is 0 Å². The maximum Gasteiger partial charge on any atom is 0.274 e. The van der Waals surface area contributed by atoms with Gasteiger partial charge in [-0.15, -0.1) is 0 Å². The van der Waals surface area contributed by atoms with Crippen LogP contribution in [-0.2, 0) is 0 Å². The molecule has 0 radical (unpaired) electrons. The third-order valence-corrected chi connectivity index (χ3v) is 4.21. The van der Waals surface area contributed by atoms with Crippen LogP contribution in [0.4, 0.5) is 0 Å². The molecule has 1 fully saturated rings. The molecular weight excluding hydrogens is 252 g/mol. The molecule has 20 heavy (non-hydrogen) atoms. The van der Waals surface area contributed by atoms with E-state index in [1.165, 1.54) is 6.26 Å². The predicted molar refractivity (Wildman–Crippen MR) is 79.8 cm³/mol. The lowest BCUT2D eigenvalue weighted by molar-refractivity contribution is 0.0952. The van der Waals surface area contributed by atoms with Crippen LogP contribution in [0.1, 0.15) is 62.6 Å². The number of aryl methyl sites for hydroxylation is 1. The standard InChI is InChI=1S/C16H24N2O2/c1-11-14(9-10-20-11)15(19)18-17-13-7-5-12(6-8-13)16(2,3)4/h9-10,12H,5-8H2,1-4H3,(H,18,19). The normalized spacial score (nSPS) is 19.8. The molecule has 1 amide bonds. The molecule has 0 aromatic carbocycles. The number of nitrogens with zero attached hydrogens (tertiary/aromatic N) is 1. The first kappa shape index (κ1) is 14.8. The predicted octanol–water partition coefficient (Wildman–Crippen LogP) is 3.91. The Balaban J connectivity index is 1.88. The monoisotopic (exact) mass is 276 g/mol. The summed E-state index contributed by atoms with van der Waals surface area (Å²) >= 11 is 0. The van der Waals surface area contributed by atoms with E-state index in [-0.39, 0.29) is 5.91 Å². The summed E-state index contributed by atoms with van der Waals surface area (Å²) in [5.41, 5.74) is 4.65. The van der Waals surface area contributed by atoms with Gasteiger partial charge < -0.3 is 4.42 Å². The lowest BCUT2D eigenvalue weighted by atomic mass is 9.72. The molecule has 0 saturated heterocycles. The smallest absolute Gasteiger partial charge is 0.274 e. The van der Waals surface area contributed by atoms with Crippen LogP contribution < -0.4 is 5.43 Å². The fourth-order valence-electron chi connectivity index (χ4n) is 2.74. The Morgan fingerprint density at radius 2 is 2.00 bits per heavy atom. The first-order valence-corrected chi connectivity index (χ1v) is 7.28. The topological polar surface area (TPSA) is 54.6 Å². The van der Waals surface area contributed by atoms with Gasteiger partial charge in [0, 0.05) is 5.71 Å². The lowest BCUT2D eigenvalue weighted by Crippen LogP contribution is -2.27. The molecule has 1 aromatic heterocycles. The average molecular weight is 276 g/mol. The zero-order valence-electron chi connectivity index (χ0n) is 12.8. The van der Waals surface area contributed by atoms with E-state index in [0.29, 0.717) is 16.7 Å². The molecule has 2 rings (SSSR count). The van der Waals surface area contributed by atoms with Gasteiger partial charge in [-0.3, -0.25) is 4.79 Å². The van der Waals surface area contributed by atoms with Gasteiger partial charge in [0.2, 0.25) is 0 Å². The van der Waals surface area contributed by atoms with Crippen molar-refractivity contribution in [1.82, 2.24) is 5.43 Å². The van der Waals surface area contributed by atoms with E-state index in [0.717, 1.165) is 37.3 Å². The molecule has 1 heterocycles. The lowest BCUT2D eigenvalue weighted by Gasteiger charge is -2.34. The average Bonchev–Trinajstić information content (AvgIpc) is 2.82. The van der Waals surface area contributed by atoms with Gasteiger partial charge in [-0.05, 0) is 50.0 Å². The van der Waals surface area contributed by atoms with Crippen molar-refractivity contribution in [3.05, 3.63) is 23.7 Å². The minimum atomic E-state index is -0.193. The summed E-state index contributed by atoms with van der Waals surface area (Å²) in [5.74, 6) is 1.18. The van der Waals surface area contributed by atoms with Crippen molar-refractivity contribution in [3.63, 3.8) is 0 Å². The first-order valence-electron chi connectivity index (χ1n) is 7.28. The Morgan fingerprint density at radius 1 is 1.35 bits per heavy atom. The second-order valence-corrected chi connectivity index (χ2v) is 6.65. The van der Waals surface area contributed by atoms with Gasteiger partial charge in [0.1, 0.15) is 5.76 Å². The summed E-state index contributed by atoms with van der Waals surface area (Å²) in [6.45, 7) is 8.66. The minimum absolute atomic E-state index is 0.193. The third kappa shape index (κ3) is 3.50. The molecule has 0 spiro atoms. The van der Waals surface area contributed by atoms with Crippen LogP contribution in [0, 0.1) is 18.3 Å². The van der Waals surface area contributed by atoms with E-state index in [4.69, 9.17) is 4.42 Å². The van der Waals surface area contributed by atoms with E-state index in [1.54, 1.807) is 13.0 Å². The highest BCUT2D eigenvalue weighted by Crippen LogP contribution is 2.36. The Hall–Kier alpha value is -1.58. The zero-order chi connectivity index (χ0) is 14.8. The van der Waals surface area contributed by atoms with Gasteiger partial charge in [-0.2, -0.15) is 5.10 Å². The number of carbonyl (C=O) groups excluding carboxylic acids is 1. The molecule has 1 aliphatic carbocycles. The Kier molecular flexibility index (Phi) is 4.31. The molecule has 0 aliphatic heterocycles. The van der Waals surface area contributed by atoms with E-state index in [9.17, 15) is 4.79 Å². The van der Waals surface area contributed by atoms with E-state index in [1.807, 2.05) is 0 Å². The maximum absolute atomic E-state index is 11.9. The van der Waals surface area contributed by atoms with Gasteiger partial charge in [0.25, 0.3) is 5.91 Å². The van der Waals surface area contributed by atoms with Crippen LogP contribution in [0.5, 0.6) is 0 Å². The van der Waals surface area contributed by atoms with Crippen LogP contribution >= 0.6 is 0 Å². The third-order valence-electron chi connectivity index (χ3n) is 4.21. The van der Waals surface area contributed by atoms with Crippen molar-refractivity contribution in [3.8, 4) is 0 Å². The second-order valence-electron chi connectivity index (χ2n) is 6.65. The zero-order valence-corrected chi connectivity index (χ0v) is 12.8. The molecule has 0 unspecified atom stereocenters.